The first-order chi connectivity index (χ1) is 17.3. The Morgan fingerprint density at radius 2 is 1.46 bits per heavy atom. The summed E-state index contributed by atoms with van der Waals surface area (Å²) in [6.07, 6.45) is 35.4. The van der Waals surface area contributed by atoms with Gasteiger partial charge < -0.3 is 10.0 Å². The quantitative estimate of drug-likeness (QED) is 0.393. The molecule has 0 spiro atoms. The molecule has 1 fully saturated rings. The minimum Gasteiger partial charge on any atom is -0.388 e. The molecule has 6 atom stereocenters. The van der Waals surface area contributed by atoms with E-state index in [-0.39, 0.29) is 6.10 Å². The molecule has 0 radical (unpaired) electrons. The molecule has 3 heteroatoms. The number of hydrogen-bond donors (Lipinski definition) is 1. The van der Waals surface area contributed by atoms with E-state index < -0.39 is 0 Å². The minimum absolute atomic E-state index is 0.382. The second-order valence-corrected chi connectivity index (χ2v) is 11.5. The molecule has 1 N–H and O–H groups in total. The topological polar surface area (TPSA) is 26.7 Å². The molecule has 35 heavy (non-hydrogen) atoms. The average Bonchev–Trinajstić information content (AvgIpc) is 2.85. The number of fused-ring (bicyclic) bond motifs is 9. The number of nitrogens with zero attached hydrogens (tertiary/aromatic N) is 2. The predicted molar refractivity (Wildman–Crippen MR) is 149 cm³/mol. The molecule has 0 aliphatic carbocycles. The van der Waals surface area contributed by atoms with Gasteiger partial charge in [0, 0.05) is 32.7 Å². The Labute approximate surface area is 215 Å². The largest absolute Gasteiger partial charge is 0.388 e. The molecule has 3 nitrogen and oxygen atoms in total. The van der Waals surface area contributed by atoms with Crippen molar-refractivity contribution in [3.05, 3.63) is 60.3 Å². The summed E-state index contributed by atoms with van der Waals surface area (Å²) in [7, 11) is 0. The van der Waals surface area contributed by atoms with Crippen molar-refractivity contribution in [2.75, 3.05) is 39.3 Å². The number of piperidine rings is 1. The van der Waals surface area contributed by atoms with Crippen LogP contribution in [-0.4, -0.2) is 60.3 Å². The third-order valence-corrected chi connectivity index (χ3v) is 8.61. The Hall–Kier alpha value is -1.42. The molecule has 0 amide bonds. The van der Waals surface area contributed by atoms with Gasteiger partial charge in [0.2, 0.25) is 0 Å². The van der Waals surface area contributed by atoms with Crippen molar-refractivity contribution < 1.29 is 5.11 Å². The Morgan fingerprint density at radius 1 is 0.686 bits per heavy atom. The first kappa shape index (κ1) is 26.6. The summed E-state index contributed by atoms with van der Waals surface area (Å²) in [6, 6.07) is 0. The van der Waals surface area contributed by atoms with Crippen LogP contribution in [0.2, 0.25) is 0 Å². The van der Waals surface area contributed by atoms with Crippen LogP contribution in [0.25, 0.3) is 0 Å². The molecule has 5 rings (SSSR count). The first-order valence-corrected chi connectivity index (χ1v) is 14.8. The summed E-state index contributed by atoms with van der Waals surface area (Å²) in [6.45, 7) is 6.66. The van der Waals surface area contributed by atoms with Crippen molar-refractivity contribution >= 4 is 0 Å². The summed E-state index contributed by atoms with van der Waals surface area (Å²) in [5.74, 6) is 2.25. The lowest BCUT2D eigenvalue weighted by atomic mass is 9.72. The zero-order valence-corrected chi connectivity index (χ0v) is 22.1. The van der Waals surface area contributed by atoms with E-state index in [1.807, 2.05) is 6.08 Å². The second kappa shape index (κ2) is 15.0. The molecule has 0 aromatic rings. The average molecular weight is 479 g/mol. The van der Waals surface area contributed by atoms with Crippen molar-refractivity contribution in [1.82, 2.24) is 9.80 Å². The molecular formula is C32H50N2O. The van der Waals surface area contributed by atoms with Gasteiger partial charge in [0.15, 0.2) is 0 Å². The smallest absolute Gasteiger partial charge is 0.0851 e. The number of aliphatic hydroxyl groups excluding tert-OH is 1. The second-order valence-electron chi connectivity index (χ2n) is 11.5. The highest BCUT2D eigenvalue weighted by Gasteiger charge is 2.36. The van der Waals surface area contributed by atoms with Crippen LogP contribution < -0.4 is 0 Å². The van der Waals surface area contributed by atoms with Gasteiger partial charge in [-0.3, -0.25) is 4.90 Å². The highest BCUT2D eigenvalue weighted by atomic mass is 16.3. The molecule has 5 aliphatic heterocycles. The van der Waals surface area contributed by atoms with Gasteiger partial charge in [-0.25, -0.2) is 0 Å². The third-order valence-electron chi connectivity index (χ3n) is 8.61. The lowest BCUT2D eigenvalue weighted by molar-refractivity contribution is 0.0629. The van der Waals surface area contributed by atoms with E-state index in [9.17, 15) is 5.11 Å². The van der Waals surface area contributed by atoms with Gasteiger partial charge in [-0.2, -0.15) is 0 Å². The van der Waals surface area contributed by atoms with Crippen molar-refractivity contribution in [3.63, 3.8) is 0 Å². The highest BCUT2D eigenvalue weighted by Crippen LogP contribution is 2.37. The van der Waals surface area contributed by atoms with Crippen LogP contribution in [0.15, 0.2) is 60.3 Å². The fourth-order valence-corrected chi connectivity index (χ4v) is 6.75. The maximum atomic E-state index is 10.8. The summed E-state index contributed by atoms with van der Waals surface area (Å²) in [4.78, 5) is 5.32. The first-order valence-electron chi connectivity index (χ1n) is 14.8. The van der Waals surface area contributed by atoms with E-state index in [0.717, 1.165) is 37.9 Å². The summed E-state index contributed by atoms with van der Waals surface area (Å²) < 4.78 is 0. The van der Waals surface area contributed by atoms with E-state index in [0.29, 0.717) is 5.92 Å². The number of hydrogen-bond acceptors (Lipinski definition) is 3. The van der Waals surface area contributed by atoms with Gasteiger partial charge >= 0.3 is 0 Å². The SMILES string of the molecule is OC1/C=C\C=C/CCCCCC[C@@H]2CN3CC/C=C\C=C/CCCCC4=C[C@H](CN(C4)C1)[C@@H]2CC3. The van der Waals surface area contributed by atoms with Crippen molar-refractivity contribution in [1.29, 1.82) is 0 Å². The van der Waals surface area contributed by atoms with E-state index in [2.05, 4.69) is 58.4 Å². The zero-order valence-electron chi connectivity index (χ0n) is 22.1. The van der Waals surface area contributed by atoms with Crippen LogP contribution in [0, 0.1) is 17.8 Å². The molecule has 1 saturated heterocycles. The molecule has 6 bridgehead atoms. The Bertz CT molecular complexity index is 764. The molecule has 5 aliphatic rings. The van der Waals surface area contributed by atoms with Crippen molar-refractivity contribution in [3.8, 4) is 0 Å². The lowest BCUT2D eigenvalue weighted by Crippen LogP contribution is -2.47. The fourth-order valence-electron chi connectivity index (χ4n) is 6.75. The third kappa shape index (κ3) is 9.19. The summed E-state index contributed by atoms with van der Waals surface area (Å²) in [5.41, 5.74) is 1.63. The summed E-state index contributed by atoms with van der Waals surface area (Å²) >= 11 is 0. The normalized spacial score (nSPS) is 39.7. The van der Waals surface area contributed by atoms with E-state index >= 15 is 0 Å². The van der Waals surface area contributed by atoms with Crippen LogP contribution in [0.4, 0.5) is 0 Å². The predicted octanol–water partition coefficient (Wildman–Crippen LogP) is 6.69. The summed E-state index contributed by atoms with van der Waals surface area (Å²) in [5, 5.41) is 10.8. The van der Waals surface area contributed by atoms with Gasteiger partial charge in [-0.05, 0) is 82.1 Å². The monoisotopic (exact) mass is 478 g/mol. The molecule has 3 unspecified atom stereocenters. The van der Waals surface area contributed by atoms with E-state index in [1.54, 1.807) is 5.57 Å². The maximum Gasteiger partial charge on any atom is 0.0851 e. The molecule has 0 aromatic heterocycles. The standard InChI is InChI=1S/C32H50N2O/c35-31-19-15-11-7-2-1-6-10-14-18-29-25-33-21-16-12-8-4-3-5-9-13-17-28-23-30(32(29)20-22-33)26-34(24-28)27-31/h3-4,7-8,11-12,15,19,23,29-32,35H,1-2,5-6,9-10,13-14,16-18,20-22,24-27H2/b4-3-,11-7-,12-8-,19-15-/t29-,30-,31?,32-/m1/s1. The molecule has 194 valence electrons. The molecule has 0 aromatic carbocycles. The van der Waals surface area contributed by atoms with Crippen LogP contribution in [0.1, 0.15) is 77.0 Å². The minimum atomic E-state index is -0.382. The van der Waals surface area contributed by atoms with Crippen molar-refractivity contribution in [2.24, 2.45) is 17.8 Å². The van der Waals surface area contributed by atoms with Gasteiger partial charge in [0.05, 0.1) is 6.10 Å². The van der Waals surface area contributed by atoms with Gasteiger partial charge in [0.25, 0.3) is 0 Å². The highest BCUT2D eigenvalue weighted by molar-refractivity contribution is 5.14. The fraction of sp³-hybridized carbons (Fsp3) is 0.688. The van der Waals surface area contributed by atoms with Crippen molar-refractivity contribution in [2.45, 2.75) is 83.2 Å². The number of rotatable bonds is 0. The van der Waals surface area contributed by atoms with Crippen LogP contribution >= 0.6 is 0 Å². The lowest BCUT2D eigenvalue weighted by Gasteiger charge is -2.45. The number of allylic oxidation sites excluding steroid dienone is 6. The maximum absolute atomic E-state index is 10.8. The van der Waals surface area contributed by atoms with Gasteiger partial charge in [-0.1, -0.05) is 79.5 Å². The Kier molecular flexibility index (Phi) is 11.4. The van der Waals surface area contributed by atoms with Crippen LogP contribution in [0.3, 0.4) is 0 Å². The molecular weight excluding hydrogens is 428 g/mol. The van der Waals surface area contributed by atoms with E-state index in [1.165, 1.54) is 90.3 Å². The van der Waals surface area contributed by atoms with E-state index in [4.69, 9.17) is 0 Å². The van der Waals surface area contributed by atoms with Crippen LogP contribution in [-0.2, 0) is 0 Å². The van der Waals surface area contributed by atoms with Crippen LogP contribution in [0.5, 0.6) is 0 Å². The number of aliphatic hydroxyl groups is 1. The van der Waals surface area contributed by atoms with Gasteiger partial charge in [0.1, 0.15) is 0 Å². The Morgan fingerprint density at radius 3 is 2.34 bits per heavy atom. The Balaban J connectivity index is 1.55. The molecule has 0 saturated carbocycles. The molecule has 5 heterocycles. The zero-order chi connectivity index (χ0) is 24.1. The van der Waals surface area contributed by atoms with Gasteiger partial charge in [-0.15, -0.1) is 0 Å².